The van der Waals surface area contributed by atoms with Gasteiger partial charge in [-0.05, 0) is 23.8 Å². The molecule has 0 aliphatic heterocycles. The number of furan rings is 1. The predicted molar refractivity (Wildman–Crippen MR) is 79.0 cm³/mol. The quantitative estimate of drug-likeness (QED) is 0.886. The summed E-state index contributed by atoms with van der Waals surface area (Å²) in [6.07, 6.45) is 1.74. The van der Waals surface area contributed by atoms with Crippen molar-refractivity contribution < 1.29 is 9.52 Å². The molecular formula is C15H18BrNO2. The van der Waals surface area contributed by atoms with Gasteiger partial charge in [-0.25, -0.2) is 0 Å². The van der Waals surface area contributed by atoms with Crippen LogP contribution in [0.3, 0.4) is 0 Å². The molecule has 0 saturated heterocycles. The Kier molecular flexibility index (Phi) is 4.80. The molecular weight excluding hydrogens is 306 g/mol. The number of halogens is 1. The number of nitrogens with two attached hydrogens (primary N) is 1. The van der Waals surface area contributed by atoms with E-state index in [9.17, 15) is 5.11 Å². The van der Waals surface area contributed by atoms with E-state index in [4.69, 9.17) is 10.2 Å². The largest absolute Gasteiger partial charge is 0.469 e. The lowest BCUT2D eigenvalue weighted by atomic mass is 9.89. The summed E-state index contributed by atoms with van der Waals surface area (Å²) in [6.45, 7) is 2.39. The van der Waals surface area contributed by atoms with Gasteiger partial charge >= 0.3 is 0 Å². The van der Waals surface area contributed by atoms with E-state index in [1.165, 1.54) is 0 Å². The van der Waals surface area contributed by atoms with E-state index in [2.05, 4.69) is 15.9 Å². The number of benzene rings is 1. The molecule has 1 heterocycles. The van der Waals surface area contributed by atoms with Gasteiger partial charge in [-0.1, -0.05) is 35.0 Å². The number of aliphatic hydroxyl groups is 1. The Morgan fingerprint density at radius 3 is 2.53 bits per heavy atom. The van der Waals surface area contributed by atoms with Crippen molar-refractivity contribution in [2.75, 3.05) is 6.54 Å². The van der Waals surface area contributed by atoms with E-state index in [1.54, 1.807) is 6.26 Å². The molecule has 2 aromatic rings. The minimum Gasteiger partial charge on any atom is -0.469 e. The monoisotopic (exact) mass is 323 g/mol. The Hall–Kier alpha value is -1.10. The lowest BCUT2D eigenvalue weighted by Crippen LogP contribution is -2.20. The Labute approximate surface area is 121 Å². The highest BCUT2D eigenvalue weighted by atomic mass is 79.9. The molecule has 1 aromatic carbocycles. The fraction of sp³-hybridized carbons (Fsp3) is 0.333. The lowest BCUT2D eigenvalue weighted by molar-refractivity contribution is 0.145. The molecule has 2 atom stereocenters. The molecule has 0 fully saturated rings. The van der Waals surface area contributed by atoms with Crippen molar-refractivity contribution in [3.05, 3.63) is 58.0 Å². The number of hydrogen-bond acceptors (Lipinski definition) is 3. The minimum atomic E-state index is -0.639. The topological polar surface area (TPSA) is 59.4 Å². The van der Waals surface area contributed by atoms with Crippen LogP contribution in [0.5, 0.6) is 0 Å². The average molecular weight is 324 g/mol. The summed E-state index contributed by atoms with van der Waals surface area (Å²) in [5, 5.41) is 10.6. The van der Waals surface area contributed by atoms with E-state index in [0.29, 0.717) is 6.54 Å². The molecule has 102 valence electrons. The molecule has 0 saturated carbocycles. The lowest BCUT2D eigenvalue weighted by Gasteiger charge is -2.22. The van der Waals surface area contributed by atoms with Crippen molar-refractivity contribution >= 4 is 15.9 Å². The van der Waals surface area contributed by atoms with E-state index in [1.807, 2.05) is 37.3 Å². The highest BCUT2D eigenvalue weighted by molar-refractivity contribution is 9.10. The summed E-state index contributed by atoms with van der Waals surface area (Å²) in [4.78, 5) is 0. The highest BCUT2D eigenvalue weighted by Crippen LogP contribution is 2.33. The third-order valence-electron chi connectivity index (χ3n) is 3.35. The summed E-state index contributed by atoms with van der Waals surface area (Å²) in [5.74, 6) is 0.694. The standard InChI is InChI=1S/C15H18BrNO2/c1-2-14-12(7-8-19-14)15(18)13(9-17)10-3-5-11(16)6-4-10/h3-8,13,15,18H,2,9,17H2,1H3. The first kappa shape index (κ1) is 14.3. The van der Waals surface area contributed by atoms with Crippen LogP contribution < -0.4 is 5.73 Å². The number of aryl methyl sites for hydroxylation is 1. The van der Waals surface area contributed by atoms with Crippen molar-refractivity contribution in [2.45, 2.75) is 25.4 Å². The van der Waals surface area contributed by atoms with Crippen LogP contribution in [0.1, 0.15) is 35.8 Å². The fourth-order valence-electron chi connectivity index (χ4n) is 2.28. The maximum absolute atomic E-state index is 10.6. The molecule has 19 heavy (non-hydrogen) atoms. The van der Waals surface area contributed by atoms with Gasteiger partial charge < -0.3 is 15.3 Å². The maximum Gasteiger partial charge on any atom is 0.109 e. The zero-order valence-electron chi connectivity index (χ0n) is 10.8. The van der Waals surface area contributed by atoms with Crippen LogP contribution in [0.15, 0.2) is 45.5 Å². The molecule has 0 spiro atoms. The molecule has 0 amide bonds. The molecule has 1 aromatic heterocycles. The first-order valence-electron chi connectivity index (χ1n) is 6.37. The smallest absolute Gasteiger partial charge is 0.109 e. The van der Waals surface area contributed by atoms with E-state index >= 15 is 0 Å². The highest BCUT2D eigenvalue weighted by Gasteiger charge is 2.24. The van der Waals surface area contributed by atoms with Crippen LogP contribution in [-0.2, 0) is 6.42 Å². The third kappa shape index (κ3) is 3.08. The summed E-state index contributed by atoms with van der Waals surface area (Å²) >= 11 is 3.41. The Bertz CT molecular complexity index is 521. The molecule has 3 N–H and O–H groups in total. The number of rotatable bonds is 5. The van der Waals surface area contributed by atoms with Gasteiger partial charge in [0.15, 0.2) is 0 Å². The zero-order valence-corrected chi connectivity index (χ0v) is 12.4. The second-order valence-electron chi connectivity index (χ2n) is 4.49. The van der Waals surface area contributed by atoms with Crippen LogP contribution in [-0.4, -0.2) is 11.7 Å². The first-order chi connectivity index (χ1) is 9.17. The van der Waals surface area contributed by atoms with Crippen molar-refractivity contribution in [3.8, 4) is 0 Å². The van der Waals surface area contributed by atoms with Crippen molar-refractivity contribution in [3.63, 3.8) is 0 Å². The second kappa shape index (κ2) is 6.37. The van der Waals surface area contributed by atoms with Gasteiger partial charge in [0, 0.05) is 28.9 Å². The minimum absolute atomic E-state index is 0.129. The molecule has 0 aliphatic carbocycles. The van der Waals surface area contributed by atoms with E-state index in [0.717, 1.165) is 27.8 Å². The van der Waals surface area contributed by atoms with Crippen molar-refractivity contribution in [2.24, 2.45) is 5.73 Å². The fourth-order valence-corrected chi connectivity index (χ4v) is 2.54. The Morgan fingerprint density at radius 1 is 1.26 bits per heavy atom. The van der Waals surface area contributed by atoms with Gasteiger partial charge in [0.2, 0.25) is 0 Å². The van der Waals surface area contributed by atoms with Crippen molar-refractivity contribution in [1.29, 1.82) is 0 Å². The van der Waals surface area contributed by atoms with Crippen LogP contribution in [0, 0.1) is 0 Å². The molecule has 4 heteroatoms. The molecule has 0 aliphatic rings. The molecule has 3 nitrogen and oxygen atoms in total. The van der Waals surface area contributed by atoms with Crippen LogP contribution in [0.2, 0.25) is 0 Å². The van der Waals surface area contributed by atoms with Gasteiger partial charge in [-0.2, -0.15) is 0 Å². The van der Waals surface area contributed by atoms with Crippen LogP contribution in [0.4, 0.5) is 0 Å². The molecule has 0 radical (unpaired) electrons. The van der Waals surface area contributed by atoms with Crippen LogP contribution in [0.25, 0.3) is 0 Å². The molecule has 2 unspecified atom stereocenters. The van der Waals surface area contributed by atoms with Gasteiger partial charge in [-0.3, -0.25) is 0 Å². The van der Waals surface area contributed by atoms with Gasteiger partial charge in [0.25, 0.3) is 0 Å². The van der Waals surface area contributed by atoms with Crippen LogP contribution >= 0.6 is 15.9 Å². The van der Waals surface area contributed by atoms with E-state index < -0.39 is 6.10 Å². The zero-order chi connectivity index (χ0) is 13.8. The third-order valence-corrected chi connectivity index (χ3v) is 3.88. The van der Waals surface area contributed by atoms with Gasteiger partial charge in [-0.15, -0.1) is 0 Å². The SMILES string of the molecule is CCc1occc1C(O)C(CN)c1ccc(Br)cc1. The second-order valence-corrected chi connectivity index (χ2v) is 5.41. The van der Waals surface area contributed by atoms with Gasteiger partial charge in [0.1, 0.15) is 5.76 Å². The van der Waals surface area contributed by atoms with E-state index in [-0.39, 0.29) is 5.92 Å². The first-order valence-corrected chi connectivity index (χ1v) is 7.16. The average Bonchev–Trinajstić information content (AvgIpc) is 2.90. The normalized spacial score (nSPS) is 14.3. The number of aliphatic hydroxyl groups excluding tert-OH is 1. The summed E-state index contributed by atoms with van der Waals surface area (Å²) in [7, 11) is 0. The molecule has 0 bridgehead atoms. The summed E-state index contributed by atoms with van der Waals surface area (Å²) < 4.78 is 6.39. The maximum atomic E-state index is 10.6. The Balaban J connectivity index is 2.29. The number of hydrogen-bond donors (Lipinski definition) is 2. The van der Waals surface area contributed by atoms with Crippen molar-refractivity contribution in [1.82, 2.24) is 0 Å². The summed E-state index contributed by atoms with van der Waals surface area (Å²) in [5.41, 5.74) is 7.70. The summed E-state index contributed by atoms with van der Waals surface area (Å²) in [6, 6.07) is 9.71. The molecule has 2 rings (SSSR count). The predicted octanol–water partition coefficient (Wildman–Crippen LogP) is 3.38. The van der Waals surface area contributed by atoms with Gasteiger partial charge in [0.05, 0.1) is 12.4 Å². The Morgan fingerprint density at radius 2 is 1.95 bits per heavy atom.